The van der Waals surface area contributed by atoms with Crippen molar-refractivity contribution in [2.75, 3.05) is 33.3 Å². The normalized spacial score (nSPS) is 10.8. The lowest BCUT2D eigenvalue weighted by Gasteiger charge is -2.11. The van der Waals surface area contributed by atoms with Crippen molar-refractivity contribution in [2.45, 2.75) is 26.7 Å². The SMILES string of the molecule is CCNC(=NCCCNC(=O)c1occc1C)NCCc1ccc(OC)cc1.I. The topological polar surface area (TPSA) is 87.9 Å². The van der Waals surface area contributed by atoms with Gasteiger partial charge in [0.2, 0.25) is 0 Å². The average molecular weight is 514 g/mol. The lowest BCUT2D eigenvalue weighted by Crippen LogP contribution is -2.38. The Kier molecular flexibility index (Phi) is 11.9. The maximum absolute atomic E-state index is 12.0. The highest BCUT2D eigenvalue weighted by Gasteiger charge is 2.11. The third kappa shape index (κ3) is 8.76. The number of carbonyl (C=O) groups excluding carboxylic acids is 1. The molecule has 0 bridgehead atoms. The first-order chi connectivity index (χ1) is 13.6. The number of ether oxygens (including phenoxy) is 1. The van der Waals surface area contributed by atoms with Crippen molar-refractivity contribution in [2.24, 2.45) is 4.99 Å². The van der Waals surface area contributed by atoms with E-state index in [4.69, 9.17) is 9.15 Å². The van der Waals surface area contributed by atoms with Crippen LogP contribution < -0.4 is 20.7 Å². The highest BCUT2D eigenvalue weighted by Crippen LogP contribution is 2.11. The zero-order valence-corrected chi connectivity index (χ0v) is 19.6. The van der Waals surface area contributed by atoms with Gasteiger partial charge in [-0.25, -0.2) is 0 Å². The van der Waals surface area contributed by atoms with Crippen LogP contribution in [0.3, 0.4) is 0 Å². The molecule has 2 rings (SSSR count). The maximum atomic E-state index is 12.0. The Morgan fingerprint density at radius 2 is 1.86 bits per heavy atom. The van der Waals surface area contributed by atoms with Gasteiger partial charge in [0.1, 0.15) is 5.75 Å². The van der Waals surface area contributed by atoms with E-state index in [1.54, 1.807) is 13.2 Å². The molecule has 1 amide bonds. The van der Waals surface area contributed by atoms with Crippen LogP contribution >= 0.6 is 24.0 Å². The Morgan fingerprint density at radius 1 is 1.10 bits per heavy atom. The van der Waals surface area contributed by atoms with Gasteiger partial charge in [-0.1, -0.05) is 12.1 Å². The molecule has 0 saturated carbocycles. The predicted octanol–water partition coefficient (Wildman–Crippen LogP) is 3.13. The summed E-state index contributed by atoms with van der Waals surface area (Å²) in [5.74, 6) is 1.83. The van der Waals surface area contributed by atoms with Gasteiger partial charge in [-0.3, -0.25) is 9.79 Å². The molecule has 1 aromatic carbocycles. The summed E-state index contributed by atoms with van der Waals surface area (Å²) in [5.41, 5.74) is 2.08. The van der Waals surface area contributed by atoms with Crippen LogP contribution in [0.1, 0.15) is 35.0 Å². The average Bonchev–Trinajstić information content (AvgIpc) is 3.14. The van der Waals surface area contributed by atoms with Gasteiger partial charge < -0.3 is 25.1 Å². The second-order valence-electron chi connectivity index (χ2n) is 6.33. The van der Waals surface area contributed by atoms with Crippen molar-refractivity contribution in [1.29, 1.82) is 0 Å². The Morgan fingerprint density at radius 3 is 2.48 bits per heavy atom. The first-order valence-electron chi connectivity index (χ1n) is 9.61. The second-order valence-corrected chi connectivity index (χ2v) is 6.33. The van der Waals surface area contributed by atoms with Crippen LogP contribution in [-0.4, -0.2) is 45.2 Å². The number of benzene rings is 1. The molecule has 29 heavy (non-hydrogen) atoms. The molecule has 0 aliphatic rings. The summed E-state index contributed by atoms with van der Waals surface area (Å²) in [5, 5.41) is 9.42. The molecule has 0 spiro atoms. The van der Waals surface area contributed by atoms with Gasteiger partial charge in [0.25, 0.3) is 5.91 Å². The standard InChI is InChI=1S/C21H30N4O3.HI/c1-4-22-21(25-14-10-17-6-8-18(27-3)9-7-17)24-13-5-12-23-20(26)19-16(2)11-15-28-19;/h6-9,11,15H,4-5,10,12-14H2,1-3H3,(H,23,26)(H2,22,24,25);1H. The lowest BCUT2D eigenvalue weighted by molar-refractivity contribution is 0.0925. The van der Waals surface area contributed by atoms with E-state index in [1.165, 1.54) is 11.8 Å². The van der Waals surface area contributed by atoms with Gasteiger partial charge >= 0.3 is 0 Å². The van der Waals surface area contributed by atoms with Crippen LogP contribution in [-0.2, 0) is 6.42 Å². The fraction of sp³-hybridized carbons (Fsp3) is 0.429. The first-order valence-corrected chi connectivity index (χ1v) is 9.61. The number of furan rings is 1. The van der Waals surface area contributed by atoms with Crippen LogP contribution in [0.4, 0.5) is 0 Å². The van der Waals surface area contributed by atoms with Gasteiger partial charge in [-0.05, 0) is 50.5 Å². The minimum atomic E-state index is -0.184. The Hall–Kier alpha value is -2.23. The summed E-state index contributed by atoms with van der Waals surface area (Å²) in [6.45, 7) is 6.63. The largest absolute Gasteiger partial charge is 0.497 e. The number of carbonyl (C=O) groups is 1. The van der Waals surface area contributed by atoms with Crippen molar-refractivity contribution < 1.29 is 13.9 Å². The van der Waals surface area contributed by atoms with E-state index in [-0.39, 0.29) is 29.9 Å². The van der Waals surface area contributed by atoms with Crippen molar-refractivity contribution in [3.05, 3.63) is 53.5 Å². The summed E-state index contributed by atoms with van der Waals surface area (Å²) < 4.78 is 10.4. The Labute approximate surface area is 189 Å². The lowest BCUT2D eigenvalue weighted by atomic mass is 10.1. The van der Waals surface area contributed by atoms with Crippen LogP contribution in [0.15, 0.2) is 46.0 Å². The van der Waals surface area contributed by atoms with Gasteiger partial charge in [-0.2, -0.15) is 0 Å². The quantitative estimate of drug-likeness (QED) is 0.196. The molecule has 0 radical (unpaired) electrons. The number of aryl methyl sites for hydroxylation is 1. The van der Waals surface area contributed by atoms with E-state index in [9.17, 15) is 4.79 Å². The fourth-order valence-corrected chi connectivity index (χ4v) is 2.62. The Bertz CT molecular complexity index is 760. The fourth-order valence-electron chi connectivity index (χ4n) is 2.62. The maximum Gasteiger partial charge on any atom is 0.287 e. The molecule has 0 fully saturated rings. The number of nitrogens with zero attached hydrogens (tertiary/aromatic N) is 1. The molecule has 1 aromatic heterocycles. The summed E-state index contributed by atoms with van der Waals surface area (Å²) in [7, 11) is 1.67. The third-order valence-electron chi connectivity index (χ3n) is 4.17. The number of nitrogens with one attached hydrogen (secondary N) is 3. The second kappa shape index (κ2) is 13.9. The molecule has 2 aromatic rings. The number of methoxy groups -OCH3 is 1. The summed E-state index contributed by atoms with van der Waals surface area (Å²) in [6, 6.07) is 9.84. The van der Waals surface area contributed by atoms with Crippen molar-refractivity contribution >= 4 is 35.8 Å². The zero-order valence-electron chi connectivity index (χ0n) is 17.3. The Balaban J connectivity index is 0.00000420. The predicted molar refractivity (Wildman–Crippen MR) is 126 cm³/mol. The number of rotatable bonds is 10. The third-order valence-corrected chi connectivity index (χ3v) is 4.17. The van der Waals surface area contributed by atoms with Crippen LogP contribution in [0.25, 0.3) is 0 Å². The molecule has 0 aliphatic heterocycles. The van der Waals surface area contributed by atoms with Crippen molar-refractivity contribution in [1.82, 2.24) is 16.0 Å². The number of guanidine groups is 1. The van der Waals surface area contributed by atoms with Gasteiger partial charge in [-0.15, -0.1) is 24.0 Å². The van der Waals surface area contributed by atoms with E-state index < -0.39 is 0 Å². The first kappa shape index (κ1) is 24.8. The minimum absolute atomic E-state index is 0. The van der Waals surface area contributed by atoms with Crippen molar-refractivity contribution in [3.63, 3.8) is 0 Å². The zero-order chi connectivity index (χ0) is 20.2. The van der Waals surface area contributed by atoms with E-state index in [1.807, 2.05) is 26.0 Å². The van der Waals surface area contributed by atoms with Crippen LogP contribution in [0.2, 0.25) is 0 Å². The molecular formula is C21H31IN4O3. The van der Waals surface area contributed by atoms with Gasteiger partial charge in [0, 0.05) is 31.7 Å². The number of halogens is 1. The van der Waals surface area contributed by atoms with E-state index in [0.717, 1.165) is 43.2 Å². The van der Waals surface area contributed by atoms with E-state index in [0.29, 0.717) is 18.8 Å². The molecule has 3 N–H and O–H groups in total. The number of hydrogen-bond donors (Lipinski definition) is 3. The molecule has 0 saturated heterocycles. The van der Waals surface area contributed by atoms with E-state index >= 15 is 0 Å². The molecule has 8 heteroatoms. The van der Waals surface area contributed by atoms with Gasteiger partial charge in [0.15, 0.2) is 11.7 Å². The minimum Gasteiger partial charge on any atom is -0.497 e. The molecule has 1 heterocycles. The highest BCUT2D eigenvalue weighted by atomic mass is 127. The molecule has 0 unspecified atom stereocenters. The molecule has 0 aliphatic carbocycles. The summed E-state index contributed by atoms with van der Waals surface area (Å²) in [4.78, 5) is 16.5. The smallest absolute Gasteiger partial charge is 0.287 e. The summed E-state index contributed by atoms with van der Waals surface area (Å²) >= 11 is 0. The number of aliphatic imine (C=N–C) groups is 1. The number of amides is 1. The molecule has 160 valence electrons. The van der Waals surface area contributed by atoms with Crippen LogP contribution in [0, 0.1) is 6.92 Å². The monoisotopic (exact) mass is 514 g/mol. The summed E-state index contributed by atoms with van der Waals surface area (Å²) in [6.07, 6.45) is 3.17. The van der Waals surface area contributed by atoms with E-state index in [2.05, 4.69) is 33.1 Å². The molecule has 7 nitrogen and oxygen atoms in total. The molecular weight excluding hydrogens is 483 g/mol. The van der Waals surface area contributed by atoms with Crippen LogP contribution in [0.5, 0.6) is 5.75 Å². The van der Waals surface area contributed by atoms with Crippen molar-refractivity contribution in [3.8, 4) is 5.75 Å². The highest BCUT2D eigenvalue weighted by molar-refractivity contribution is 14.0. The number of hydrogen-bond acceptors (Lipinski definition) is 4. The van der Waals surface area contributed by atoms with Gasteiger partial charge in [0.05, 0.1) is 13.4 Å². The molecule has 0 atom stereocenters.